The van der Waals surface area contributed by atoms with Crippen LogP contribution in [-0.2, 0) is 16.1 Å². The van der Waals surface area contributed by atoms with Crippen molar-refractivity contribution >= 4 is 17.5 Å². The Bertz CT molecular complexity index is 1300. The molecule has 1 saturated heterocycles. The van der Waals surface area contributed by atoms with Crippen LogP contribution in [0.3, 0.4) is 0 Å². The van der Waals surface area contributed by atoms with Crippen LogP contribution in [0.25, 0.3) is 0 Å². The third kappa shape index (κ3) is 5.51. The van der Waals surface area contributed by atoms with Crippen molar-refractivity contribution in [3.8, 4) is 23.1 Å². The fourth-order valence-corrected chi connectivity index (χ4v) is 4.39. The summed E-state index contributed by atoms with van der Waals surface area (Å²) in [5.41, 5.74) is 3.64. The largest absolute Gasteiger partial charge is 0.454 e. The summed E-state index contributed by atoms with van der Waals surface area (Å²) in [5, 5.41) is 0. The Morgan fingerprint density at radius 3 is 2.49 bits per heavy atom. The maximum atomic E-state index is 13.0. The number of piperazine rings is 1. The second kappa shape index (κ2) is 10.5. The summed E-state index contributed by atoms with van der Waals surface area (Å²) in [4.78, 5) is 35.5. The standard InChI is InChI=1S/C28H30N4O5/c1-19-4-9-26(29-16-19)37-23-8-6-22(14-20(23)2)30(3)27(33)28(34)32-12-10-31(11-13-32)17-21-5-7-24-25(15-21)36-18-35-24/h4-9,14-16H,10-13,17-18H2,1-3H3. The number of rotatable bonds is 5. The maximum Gasteiger partial charge on any atom is 0.316 e. The van der Waals surface area contributed by atoms with Crippen LogP contribution in [-0.4, -0.2) is 66.6 Å². The molecular weight excluding hydrogens is 472 g/mol. The summed E-state index contributed by atoms with van der Waals surface area (Å²) in [5.74, 6) is 1.62. The predicted octanol–water partition coefficient (Wildman–Crippen LogP) is 3.53. The van der Waals surface area contributed by atoms with Crippen molar-refractivity contribution in [1.29, 1.82) is 0 Å². The van der Waals surface area contributed by atoms with Gasteiger partial charge in [0.2, 0.25) is 12.7 Å². The normalized spacial score (nSPS) is 14.9. The van der Waals surface area contributed by atoms with Crippen molar-refractivity contribution < 1.29 is 23.8 Å². The van der Waals surface area contributed by atoms with E-state index in [2.05, 4.69) is 9.88 Å². The number of aromatic nitrogens is 1. The second-order valence-corrected chi connectivity index (χ2v) is 9.35. The van der Waals surface area contributed by atoms with Crippen LogP contribution >= 0.6 is 0 Å². The molecule has 2 aliphatic rings. The number of benzene rings is 2. The molecule has 0 aliphatic carbocycles. The van der Waals surface area contributed by atoms with E-state index in [0.29, 0.717) is 43.5 Å². The number of aryl methyl sites for hydroxylation is 2. The van der Waals surface area contributed by atoms with Gasteiger partial charge >= 0.3 is 11.8 Å². The van der Waals surface area contributed by atoms with E-state index in [0.717, 1.165) is 34.7 Å². The van der Waals surface area contributed by atoms with Gasteiger partial charge in [-0.25, -0.2) is 4.98 Å². The van der Waals surface area contributed by atoms with Crippen molar-refractivity contribution in [1.82, 2.24) is 14.8 Å². The van der Waals surface area contributed by atoms with Crippen molar-refractivity contribution in [2.75, 3.05) is 44.9 Å². The summed E-state index contributed by atoms with van der Waals surface area (Å²) in [6.45, 7) is 7.24. The molecule has 0 N–H and O–H groups in total. The average Bonchev–Trinajstić information content (AvgIpc) is 3.38. The smallest absolute Gasteiger partial charge is 0.316 e. The summed E-state index contributed by atoms with van der Waals surface area (Å²) in [6, 6.07) is 15.1. The van der Waals surface area contributed by atoms with Crippen LogP contribution in [0.15, 0.2) is 54.7 Å². The Kier molecular flexibility index (Phi) is 6.96. The van der Waals surface area contributed by atoms with Crippen LogP contribution in [0.2, 0.25) is 0 Å². The number of likely N-dealkylation sites (N-methyl/N-ethyl adjacent to an activating group) is 1. The molecular formula is C28H30N4O5. The van der Waals surface area contributed by atoms with Crippen LogP contribution in [0.5, 0.6) is 23.1 Å². The molecule has 0 bridgehead atoms. The Balaban J connectivity index is 1.15. The molecule has 0 radical (unpaired) electrons. The molecule has 2 amide bonds. The summed E-state index contributed by atoms with van der Waals surface area (Å²) in [7, 11) is 1.62. The van der Waals surface area contributed by atoms with E-state index in [9.17, 15) is 9.59 Å². The first-order valence-corrected chi connectivity index (χ1v) is 12.3. The number of ether oxygens (including phenoxy) is 3. The molecule has 0 atom stereocenters. The lowest BCUT2D eigenvalue weighted by Gasteiger charge is -2.35. The van der Waals surface area contributed by atoms with Crippen LogP contribution < -0.4 is 19.1 Å². The van der Waals surface area contributed by atoms with Gasteiger partial charge in [-0.2, -0.15) is 0 Å². The highest BCUT2D eigenvalue weighted by Gasteiger charge is 2.29. The average molecular weight is 503 g/mol. The van der Waals surface area contributed by atoms with Gasteiger partial charge in [0.1, 0.15) is 5.75 Å². The molecule has 5 rings (SSSR count). The molecule has 1 fully saturated rings. The monoisotopic (exact) mass is 502 g/mol. The molecule has 2 aromatic carbocycles. The van der Waals surface area contributed by atoms with Crippen molar-refractivity contribution in [2.45, 2.75) is 20.4 Å². The SMILES string of the molecule is Cc1ccc(Oc2ccc(N(C)C(=O)C(=O)N3CCN(Cc4ccc5c(c4)OCO5)CC3)cc2C)nc1. The van der Waals surface area contributed by atoms with Crippen molar-refractivity contribution in [3.63, 3.8) is 0 Å². The molecule has 9 heteroatoms. The van der Waals surface area contributed by atoms with E-state index in [-0.39, 0.29) is 6.79 Å². The number of nitrogens with zero attached hydrogens (tertiary/aromatic N) is 4. The number of hydrogen-bond acceptors (Lipinski definition) is 7. The van der Waals surface area contributed by atoms with E-state index in [1.54, 1.807) is 30.3 Å². The lowest BCUT2D eigenvalue weighted by atomic mass is 10.1. The highest BCUT2D eigenvalue weighted by atomic mass is 16.7. The molecule has 3 heterocycles. The third-order valence-electron chi connectivity index (χ3n) is 6.63. The number of pyridine rings is 1. The summed E-state index contributed by atoms with van der Waals surface area (Å²) in [6.07, 6.45) is 1.74. The Hall–Kier alpha value is -4.11. The molecule has 0 saturated carbocycles. The summed E-state index contributed by atoms with van der Waals surface area (Å²) < 4.78 is 16.7. The first-order valence-electron chi connectivity index (χ1n) is 12.3. The van der Waals surface area contributed by atoms with E-state index in [1.807, 2.05) is 50.2 Å². The van der Waals surface area contributed by atoms with Crippen LogP contribution in [0, 0.1) is 13.8 Å². The third-order valence-corrected chi connectivity index (χ3v) is 6.63. The molecule has 3 aromatic rings. The van der Waals surface area contributed by atoms with Gasteiger partial charge in [0.05, 0.1) is 0 Å². The molecule has 1 aromatic heterocycles. The molecule has 0 unspecified atom stereocenters. The van der Waals surface area contributed by atoms with Gasteiger partial charge in [-0.05, 0) is 60.9 Å². The van der Waals surface area contributed by atoms with Gasteiger partial charge in [0.15, 0.2) is 11.5 Å². The molecule has 192 valence electrons. The highest BCUT2D eigenvalue weighted by Crippen LogP contribution is 2.33. The van der Waals surface area contributed by atoms with Crippen molar-refractivity contribution in [3.05, 3.63) is 71.4 Å². The van der Waals surface area contributed by atoms with E-state index in [4.69, 9.17) is 14.2 Å². The molecule has 2 aliphatic heterocycles. The van der Waals surface area contributed by atoms with E-state index < -0.39 is 11.8 Å². The zero-order valence-corrected chi connectivity index (χ0v) is 21.3. The Morgan fingerprint density at radius 2 is 1.76 bits per heavy atom. The molecule has 9 nitrogen and oxygen atoms in total. The lowest BCUT2D eigenvalue weighted by molar-refractivity contribution is -0.145. The van der Waals surface area contributed by atoms with E-state index in [1.165, 1.54) is 4.90 Å². The van der Waals surface area contributed by atoms with Crippen LogP contribution in [0.4, 0.5) is 5.69 Å². The zero-order chi connectivity index (χ0) is 25.9. The number of amides is 2. The highest BCUT2D eigenvalue weighted by molar-refractivity contribution is 6.40. The molecule has 0 spiro atoms. The number of carbonyl (C=O) groups excluding carboxylic acids is 2. The van der Waals surface area contributed by atoms with Gasteiger partial charge in [0.25, 0.3) is 0 Å². The number of carbonyl (C=O) groups is 2. The zero-order valence-electron chi connectivity index (χ0n) is 21.3. The first-order chi connectivity index (χ1) is 17.9. The Labute approximate surface area is 216 Å². The second-order valence-electron chi connectivity index (χ2n) is 9.35. The maximum absolute atomic E-state index is 13.0. The van der Waals surface area contributed by atoms with E-state index >= 15 is 0 Å². The fourth-order valence-electron chi connectivity index (χ4n) is 4.39. The fraction of sp³-hybridized carbons (Fsp3) is 0.321. The van der Waals surface area contributed by atoms with Crippen molar-refractivity contribution in [2.24, 2.45) is 0 Å². The minimum atomic E-state index is -0.558. The van der Waals surface area contributed by atoms with Crippen LogP contribution in [0.1, 0.15) is 16.7 Å². The lowest BCUT2D eigenvalue weighted by Crippen LogP contribution is -2.52. The minimum absolute atomic E-state index is 0.254. The van der Waals surface area contributed by atoms with Gasteiger partial charge in [0, 0.05) is 57.7 Å². The number of fused-ring (bicyclic) bond motifs is 1. The summed E-state index contributed by atoms with van der Waals surface area (Å²) >= 11 is 0. The number of anilines is 1. The topological polar surface area (TPSA) is 84.4 Å². The van der Waals surface area contributed by atoms with Gasteiger partial charge in [-0.3, -0.25) is 14.5 Å². The number of hydrogen-bond donors (Lipinski definition) is 0. The van der Waals surface area contributed by atoms with Gasteiger partial charge < -0.3 is 24.0 Å². The minimum Gasteiger partial charge on any atom is -0.454 e. The molecule has 37 heavy (non-hydrogen) atoms. The first kappa shape index (κ1) is 24.6. The quantitative estimate of drug-likeness (QED) is 0.494. The van der Waals surface area contributed by atoms with Gasteiger partial charge in [-0.1, -0.05) is 12.1 Å². The van der Waals surface area contributed by atoms with Gasteiger partial charge in [-0.15, -0.1) is 0 Å². The predicted molar refractivity (Wildman–Crippen MR) is 138 cm³/mol. The Morgan fingerprint density at radius 1 is 0.973 bits per heavy atom.